The van der Waals surface area contributed by atoms with Crippen LogP contribution < -0.4 is 10.2 Å². The fraction of sp³-hybridized carbons (Fsp3) is 0.414. The quantitative estimate of drug-likeness (QED) is 0.230. The fourth-order valence-corrected chi connectivity index (χ4v) is 5.12. The van der Waals surface area contributed by atoms with Crippen molar-refractivity contribution < 1.29 is 61.5 Å². The van der Waals surface area contributed by atoms with Crippen molar-refractivity contribution in [3.05, 3.63) is 45.1 Å². The van der Waals surface area contributed by atoms with Crippen LogP contribution in [0.1, 0.15) is 45.2 Å². The molecule has 1 aliphatic heterocycles. The molecule has 0 unspecified atom stereocenters. The van der Waals surface area contributed by atoms with E-state index in [1.807, 2.05) is 0 Å². The maximum atomic E-state index is 13.5. The first-order valence-corrected chi connectivity index (χ1v) is 14.5. The van der Waals surface area contributed by atoms with Gasteiger partial charge in [0.25, 0.3) is 0 Å². The summed E-state index contributed by atoms with van der Waals surface area (Å²) in [5, 5.41) is 1.67. The number of hydrogen-bond donors (Lipinski definition) is 0. The Bertz CT molecular complexity index is 1650. The molecule has 0 aliphatic carbocycles. The minimum atomic E-state index is -1.53. The van der Waals surface area contributed by atoms with Crippen molar-refractivity contribution in [3.63, 3.8) is 0 Å². The summed E-state index contributed by atoms with van der Waals surface area (Å²) < 4.78 is 44.2. The Morgan fingerprint density at radius 3 is 2.16 bits per heavy atom. The Morgan fingerprint density at radius 1 is 0.889 bits per heavy atom. The van der Waals surface area contributed by atoms with Gasteiger partial charge in [-0.1, -0.05) is 0 Å². The Balaban J connectivity index is 1.78. The van der Waals surface area contributed by atoms with Gasteiger partial charge in [0.15, 0.2) is 12.2 Å². The van der Waals surface area contributed by atoms with Crippen molar-refractivity contribution in [1.29, 1.82) is 0 Å². The molecule has 0 bridgehead atoms. The van der Waals surface area contributed by atoms with Gasteiger partial charge in [-0.2, -0.15) is 0 Å². The van der Waals surface area contributed by atoms with Crippen LogP contribution in [0, 0.1) is 0 Å². The smallest absolute Gasteiger partial charge is 0.375 e. The monoisotopic (exact) mass is 647 g/mol. The third-order valence-electron chi connectivity index (χ3n) is 6.21. The van der Waals surface area contributed by atoms with Crippen LogP contribution in [0.5, 0.6) is 5.75 Å². The number of aromatic nitrogens is 1. The van der Waals surface area contributed by atoms with Gasteiger partial charge in [-0.25, -0.2) is 9.78 Å². The van der Waals surface area contributed by atoms with Crippen LogP contribution in [-0.4, -0.2) is 78.8 Å². The lowest BCUT2D eigenvalue weighted by Gasteiger charge is -2.43. The van der Waals surface area contributed by atoms with Crippen LogP contribution in [0.15, 0.2) is 38.3 Å². The van der Waals surface area contributed by atoms with Gasteiger partial charge in [0.05, 0.1) is 28.8 Å². The molecule has 0 radical (unpaired) electrons. The maximum absolute atomic E-state index is 13.5. The van der Waals surface area contributed by atoms with E-state index in [0.29, 0.717) is 0 Å². The zero-order valence-corrected chi connectivity index (χ0v) is 25.6. The van der Waals surface area contributed by atoms with Crippen LogP contribution in [0.25, 0.3) is 22.2 Å². The first-order chi connectivity index (χ1) is 21.4. The van der Waals surface area contributed by atoms with Gasteiger partial charge in [0.2, 0.25) is 23.6 Å². The van der Waals surface area contributed by atoms with E-state index in [1.165, 1.54) is 35.0 Å². The summed E-state index contributed by atoms with van der Waals surface area (Å²) in [6.07, 6.45) is -7.10. The molecule has 45 heavy (non-hydrogen) atoms. The zero-order valence-electron chi connectivity index (χ0n) is 24.8. The van der Waals surface area contributed by atoms with E-state index < -0.39 is 72.6 Å². The van der Waals surface area contributed by atoms with Crippen molar-refractivity contribution >= 4 is 52.2 Å². The van der Waals surface area contributed by atoms with Crippen molar-refractivity contribution in [1.82, 2.24) is 4.98 Å². The van der Waals surface area contributed by atoms with Gasteiger partial charge in [0.1, 0.15) is 24.0 Å². The molecule has 1 fully saturated rings. The van der Waals surface area contributed by atoms with Gasteiger partial charge in [-0.05, 0) is 19.1 Å². The molecule has 4 rings (SSSR count). The Hall–Kier alpha value is -4.83. The van der Waals surface area contributed by atoms with Gasteiger partial charge in [0, 0.05) is 39.1 Å². The number of ether oxygens (including phenoxy) is 7. The highest BCUT2D eigenvalue weighted by molar-refractivity contribution is 7.07. The number of nitrogens with zero attached hydrogens (tertiary/aromatic N) is 1. The number of esters is 5. The first kappa shape index (κ1) is 33.1. The molecule has 3 aromatic rings. The van der Waals surface area contributed by atoms with E-state index in [-0.39, 0.29) is 40.3 Å². The number of rotatable bonds is 10. The second-order valence-electron chi connectivity index (χ2n) is 9.57. The highest BCUT2D eigenvalue weighted by atomic mass is 32.1. The predicted octanol–water partition coefficient (Wildman–Crippen LogP) is 2.56. The molecule has 16 heteroatoms. The largest absolute Gasteiger partial charge is 0.463 e. The molecule has 0 N–H and O–H groups in total. The van der Waals surface area contributed by atoms with Crippen LogP contribution in [0.4, 0.5) is 0 Å². The molecular weight excluding hydrogens is 618 g/mol. The predicted molar refractivity (Wildman–Crippen MR) is 152 cm³/mol. The molecular formula is C29H29NO14S. The number of carbonyl (C=O) groups is 5. The summed E-state index contributed by atoms with van der Waals surface area (Å²) in [5.74, 6) is -4.34. The standard InChI is InChI=1S/C29H29NO14S/c1-6-37-28(36)25-22(19-11-45-12-30-19)23(35)18-8-7-17(9-20(18)43-25)42-29-27(41-16(5)34)26(40-15(4)33)24(39-14(3)32)21(44-29)10-38-13(2)31/h7-9,11-12,21,24,26-27,29H,6,10H2,1-5H3/t21-,24+,26+,27-,29+/m0/s1. The SMILES string of the molecule is CCOC(=O)c1oc2cc(O[C@@H]3O[C@@H](COC(C)=O)[C@@H](OC(C)=O)[C@@H](OC(C)=O)[C@@H]3OC(C)=O)ccc2c(=O)c1-c1cscn1. The zero-order chi connectivity index (χ0) is 32.8. The lowest BCUT2D eigenvalue weighted by Crippen LogP contribution is -2.63. The van der Waals surface area contributed by atoms with Gasteiger partial charge < -0.3 is 37.6 Å². The van der Waals surface area contributed by atoms with Crippen molar-refractivity contribution in [2.45, 2.75) is 65.3 Å². The second-order valence-corrected chi connectivity index (χ2v) is 10.3. The van der Waals surface area contributed by atoms with Crippen LogP contribution >= 0.6 is 11.3 Å². The van der Waals surface area contributed by atoms with Crippen molar-refractivity contribution in [2.75, 3.05) is 13.2 Å². The average molecular weight is 648 g/mol. The van der Waals surface area contributed by atoms with Crippen LogP contribution in [-0.2, 0) is 47.6 Å². The minimum absolute atomic E-state index is 0.00256. The molecule has 1 aliphatic rings. The first-order valence-electron chi connectivity index (χ1n) is 13.5. The number of benzene rings is 1. The highest BCUT2D eigenvalue weighted by Crippen LogP contribution is 2.33. The Morgan fingerprint density at radius 2 is 1.56 bits per heavy atom. The van der Waals surface area contributed by atoms with E-state index in [4.69, 9.17) is 37.6 Å². The molecule has 240 valence electrons. The summed E-state index contributed by atoms with van der Waals surface area (Å²) >= 11 is 1.22. The van der Waals surface area contributed by atoms with Crippen molar-refractivity contribution in [3.8, 4) is 17.0 Å². The summed E-state index contributed by atoms with van der Waals surface area (Å²) in [7, 11) is 0. The number of carbonyl (C=O) groups excluding carboxylic acids is 5. The van der Waals surface area contributed by atoms with Gasteiger partial charge in [-0.15, -0.1) is 11.3 Å². The Labute approximate surface area is 259 Å². The van der Waals surface area contributed by atoms with E-state index in [9.17, 15) is 28.8 Å². The second kappa shape index (κ2) is 14.3. The van der Waals surface area contributed by atoms with E-state index in [2.05, 4.69) is 4.98 Å². The maximum Gasteiger partial charge on any atom is 0.375 e. The fourth-order valence-electron chi connectivity index (χ4n) is 4.57. The van der Waals surface area contributed by atoms with E-state index in [1.54, 1.807) is 12.3 Å². The molecule has 0 saturated carbocycles. The molecule has 0 amide bonds. The molecule has 15 nitrogen and oxygen atoms in total. The molecule has 1 aromatic carbocycles. The number of hydrogen-bond acceptors (Lipinski definition) is 16. The summed E-state index contributed by atoms with van der Waals surface area (Å²) in [6.45, 7) is 5.60. The third kappa shape index (κ3) is 7.82. The van der Waals surface area contributed by atoms with Gasteiger partial charge in [-0.3, -0.25) is 24.0 Å². The number of thiazole rings is 1. The number of fused-ring (bicyclic) bond motifs is 1. The normalized spacial score (nSPS) is 21.0. The van der Waals surface area contributed by atoms with Crippen LogP contribution in [0.2, 0.25) is 0 Å². The molecule has 2 aromatic heterocycles. The van der Waals surface area contributed by atoms with E-state index >= 15 is 0 Å². The minimum Gasteiger partial charge on any atom is -0.463 e. The summed E-state index contributed by atoms with van der Waals surface area (Å²) in [4.78, 5) is 78.2. The molecule has 3 heterocycles. The summed E-state index contributed by atoms with van der Waals surface area (Å²) in [5.41, 5.74) is 1.04. The average Bonchev–Trinajstić information content (AvgIpc) is 3.49. The lowest BCUT2D eigenvalue weighted by atomic mass is 9.98. The van der Waals surface area contributed by atoms with Crippen molar-refractivity contribution in [2.24, 2.45) is 0 Å². The van der Waals surface area contributed by atoms with Gasteiger partial charge >= 0.3 is 29.8 Å². The molecule has 5 atom stereocenters. The molecule has 1 saturated heterocycles. The highest BCUT2D eigenvalue weighted by Gasteiger charge is 2.53. The topological polar surface area (TPSA) is 193 Å². The third-order valence-corrected chi connectivity index (χ3v) is 6.80. The lowest BCUT2D eigenvalue weighted by molar-refractivity contribution is -0.288. The molecule has 0 spiro atoms. The Kier molecular flexibility index (Phi) is 10.5. The summed E-state index contributed by atoms with van der Waals surface area (Å²) in [6, 6.07) is 4.06. The van der Waals surface area contributed by atoms with E-state index in [0.717, 1.165) is 27.7 Å². The van der Waals surface area contributed by atoms with Crippen LogP contribution in [0.3, 0.4) is 0 Å².